The zero-order valence-electron chi connectivity index (χ0n) is 20.9. The molecule has 204 valence electrons. The zero-order chi connectivity index (χ0) is 28.6. The number of carbonyl (C=O) groups excluding carboxylic acids is 1. The van der Waals surface area contributed by atoms with Gasteiger partial charge in [0.1, 0.15) is 23.0 Å². The lowest BCUT2D eigenvalue weighted by Crippen LogP contribution is -2.28. The molecule has 15 heteroatoms. The number of hydrogen-bond donors (Lipinski definition) is 2. The van der Waals surface area contributed by atoms with Gasteiger partial charge in [-0.15, -0.1) is 0 Å². The molecule has 0 aliphatic heterocycles. The van der Waals surface area contributed by atoms with Crippen molar-refractivity contribution in [2.45, 2.75) is 0 Å². The van der Waals surface area contributed by atoms with Gasteiger partial charge in [-0.2, -0.15) is 10.2 Å². The summed E-state index contributed by atoms with van der Waals surface area (Å²) < 4.78 is 21.2. The van der Waals surface area contributed by atoms with Gasteiger partial charge >= 0.3 is 17.4 Å². The fraction of sp³-hybridized carbons (Fsp3) is 0.0800. The monoisotopic (exact) mass is 548 g/mol. The summed E-state index contributed by atoms with van der Waals surface area (Å²) in [6, 6.07) is 14.4. The van der Waals surface area contributed by atoms with E-state index in [9.17, 15) is 25.0 Å². The number of urea groups is 1. The molecule has 0 unspecified atom stereocenters. The van der Waals surface area contributed by atoms with Gasteiger partial charge < -0.3 is 18.3 Å². The van der Waals surface area contributed by atoms with Crippen molar-refractivity contribution in [1.29, 1.82) is 0 Å². The summed E-state index contributed by atoms with van der Waals surface area (Å²) in [5.41, 5.74) is 4.89. The number of hydrogen-bond acceptors (Lipinski definition) is 11. The molecule has 0 bridgehead atoms. The van der Waals surface area contributed by atoms with E-state index in [4.69, 9.17) is 18.3 Å². The molecule has 0 spiro atoms. The summed E-state index contributed by atoms with van der Waals surface area (Å²) >= 11 is 0. The molecule has 0 atom stereocenters. The molecule has 0 saturated carbocycles. The van der Waals surface area contributed by atoms with Crippen LogP contribution in [0.5, 0.6) is 11.5 Å². The summed E-state index contributed by atoms with van der Waals surface area (Å²) in [6.45, 7) is 0. The van der Waals surface area contributed by atoms with E-state index in [1.807, 2.05) is 0 Å². The first-order chi connectivity index (χ1) is 19.3. The lowest BCUT2D eigenvalue weighted by Gasteiger charge is -2.03. The SMILES string of the molecule is COc1ccc(-c2ccc(/C=N\NC(=O)N/N=C\c3ccc(-c4ccc(OC)c([N+](=O)[O-])c4)o3)o2)cc1[N+](=O)[O-]. The van der Waals surface area contributed by atoms with Crippen molar-refractivity contribution < 1.29 is 32.9 Å². The van der Waals surface area contributed by atoms with Crippen molar-refractivity contribution in [2.24, 2.45) is 10.2 Å². The second-order valence-corrected chi connectivity index (χ2v) is 7.76. The Kier molecular flexibility index (Phi) is 8.14. The number of hydrazone groups is 2. The van der Waals surface area contributed by atoms with Crippen molar-refractivity contribution in [3.8, 4) is 34.1 Å². The summed E-state index contributed by atoms with van der Waals surface area (Å²) in [5, 5.41) is 30.0. The first-order valence-corrected chi connectivity index (χ1v) is 11.3. The first kappa shape index (κ1) is 27.1. The molecular formula is C25H20N6O9. The van der Waals surface area contributed by atoms with E-state index in [0.29, 0.717) is 22.6 Å². The minimum absolute atomic E-state index is 0.121. The number of amides is 2. The number of nitro groups is 2. The molecule has 0 saturated heterocycles. The van der Waals surface area contributed by atoms with Gasteiger partial charge in [0.05, 0.1) is 36.5 Å². The highest BCUT2D eigenvalue weighted by molar-refractivity contribution is 5.82. The largest absolute Gasteiger partial charge is 0.490 e. The molecular weight excluding hydrogens is 528 g/mol. The predicted molar refractivity (Wildman–Crippen MR) is 142 cm³/mol. The Morgan fingerprint density at radius 1 is 0.750 bits per heavy atom. The van der Waals surface area contributed by atoms with Crippen LogP contribution in [0.25, 0.3) is 22.6 Å². The first-order valence-electron chi connectivity index (χ1n) is 11.3. The van der Waals surface area contributed by atoms with Gasteiger partial charge in [-0.05, 0) is 48.5 Å². The summed E-state index contributed by atoms with van der Waals surface area (Å²) in [6.07, 6.45) is 2.47. The van der Waals surface area contributed by atoms with Crippen LogP contribution in [0.2, 0.25) is 0 Å². The highest BCUT2D eigenvalue weighted by Crippen LogP contribution is 2.34. The summed E-state index contributed by atoms with van der Waals surface area (Å²) in [7, 11) is 2.68. The second kappa shape index (κ2) is 12.0. The molecule has 2 aromatic carbocycles. The molecule has 4 aromatic rings. The molecule has 0 aliphatic rings. The molecule has 2 N–H and O–H groups in total. The number of carbonyl (C=O) groups is 1. The maximum Gasteiger partial charge on any atom is 0.355 e. The number of methoxy groups -OCH3 is 2. The van der Waals surface area contributed by atoms with Crippen LogP contribution >= 0.6 is 0 Å². The highest BCUT2D eigenvalue weighted by Gasteiger charge is 2.18. The molecule has 15 nitrogen and oxygen atoms in total. The Balaban J connectivity index is 1.32. The zero-order valence-corrected chi connectivity index (χ0v) is 20.9. The minimum Gasteiger partial charge on any atom is -0.490 e. The van der Waals surface area contributed by atoms with Crippen LogP contribution in [0.1, 0.15) is 11.5 Å². The average molecular weight is 548 g/mol. The normalized spacial score (nSPS) is 11.1. The molecule has 40 heavy (non-hydrogen) atoms. The van der Waals surface area contributed by atoms with Crippen LogP contribution in [0.3, 0.4) is 0 Å². The van der Waals surface area contributed by atoms with Crippen LogP contribution in [0, 0.1) is 20.2 Å². The van der Waals surface area contributed by atoms with Crippen LogP contribution in [-0.2, 0) is 0 Å². The molecule has 0 aliphatic carbocycles. The van der Waals surface area contributed by atoms with Crippen LogP contribution in [-0.4, -0.2) is 42.5 Å². The lowest BCUT2D eigenvalue weighted by atomic mass is 10.1. The van der Waals surface area contributed by atoms with E-state index < -0.39 is 15.9 Å². The number of nitro benzene ring substituents is 2. The minimum atomic E-state index is -0.761. The van der Waals surface area contributed by atoms with E-state index in [-0.39, 0.29) is 34.4 Å². The van der Waals surface area contributed by atoms with Crippen molar-refractivity contribution in [1.82, 2.24) is 10.9 Å². The topological polar surface area (TPSA) is 197 Å². The third kappa shape index (κ3) is 6.28. The number of nitrogens with zero attached hydrogens (tertiary/aromatic N) is 4. The molecule has 2 amide bonds. The Hall–Kier alpha value is -5.99. The molecule has 4 rings (SSSR count). The molecule has 2 heterocycles. The van der Waals surface area contributed by atoms with Crippen molar-refractivity contribution >= 4 is 29.8 Å². The third-order valence-corrected chi connectivity index (χ3v) is 5.29. The predicted octanol–water partition coefficient (Wildman–Crippen LogP) is 4.71. The average Bonchev–Trinajstić information content (AvgIpc) is 3.62. The molecule has 0 radical (unpaired) electrons. The molecule has 2 aromatic heterocycles. The maximum absolute atomic E-state index is 11.9. The van der Waals surface area contributed by atoms with E-state index in [1.54, 1.807) is 36.4 Å². The molecule has 0 fully saturated rings. The second-order valence-electron chi connectivity index (χ2n) is 7.76. The van der Waals surface area contributed by atoms with Gasteiger partial charge in [-0.25, -0.2) is 15.6 Å². The maximum atomic E-state index is 11.9. The highest BCUT2D eigenvalue weighted by atomic mass is 16.6. The third-order valence-electron chi connectivity index (χ3n) is 5.29. The van der Waals surface area contributed by atoms with Gasteiger partial charge in [0.25, 0.3) is 0 Å². The van der Waals surface area contributed by atoms with Gasteiger partial charge in [0.2, 0.25) is 0 Å². The van der Waals surface area contributed by atoms with Gasteiger partial charge in [-0.1, -0.05) is 0 Å². The van der Waals surface area contributed by atoms with Gasteiger partial charge in [0.15, 0.2) is 11.5 Å². The number of benzene rings is 2. The Bertz CT molecular complexity index is 1500. The van der Waals surface area contributed by atoms with E-state index in [0.717, 1.165) is 0 Å². The number of ether oxygens (including phenoxy) is 2. The number of nitrogens with one attached hydrogen (secondary N) is 2. The smallest absolute Gasteiger partial charge is 0.355 e. The van der Waals surface area contributed by atoms with Gasteiger partial charge in [-0.3, -0.25) is 20.2 Å². The lowest BCUT2D eigenvalue weighted by molar-refractivity contribution is -0.385. The Morgan fingerprint density at radius 3 is 1.55 bits per heavy atom. The van der Waals surface area contributed by atoms with Crippen molar-refractivity contribution in [2.75, 3.05) is 14.2 Å². The standard InChI is InChI=1S/C25H20N6O9/c1-37-23-7-3-15(11-19(23)30(33)34)21-9-5-17(39-21)13-26-28-25(32)29-27-14-18-6-10-22(40-18)16-4-8-24(38-2)20(12-16)31(35)36/h3-14H,1-2H3,(H2,28,29,32)/b26-13-,27-14-. The Labute approximate surface area is 225 Å². The van der Waals surface area contributed by atoms with E-state index >= 15 is 0 Å². The van der Waals surface area contributed by atoms with Crippen molar-refractivity contribution in [3.05, 3.63) is 92.4 Å². The van der Waals surface area contributed by atoms with E-state index in [1.165, 1.54) is 50.9 Å². The Morgan fingerprint density at radius 2 is 1.18 bits per heavy atom. The number of furan rings is 2. The quantitative estimate of drug-likeness (QED) is 0.160. The van der Waals surface area contributed by atoms with Crippen molar-refractivity contribution in [3.63, 3.8) is 0 Å². The van der Waals surface area contributed by atoms with Crippen LogP contribution < -0.4 is 20.3 Å². The number of rotatable bonds is 10. The summed E-state index contributed by atoms with van der Waals surface area (Å²) in [5.74, 6) is 1.50. The van der Waals surface area contributed by atoms with Crippen LogP contribution in [0.15, 0.2) is 79.7 Å². The summed E-state index contributed by atoms with van der Waals surface area (Å²) in [4.78, 5) is 33.3. The van der Waals surface area contributed by atoms with Crippen LogP contribution in [0.4, 0.5) is 16.2 Å². The fourth-order valence-electron chi connectivity index (χ4n) is 3.46. The fourth-order valence-corrected chi connectivity index (χ4v) is 3.46. The van der Waals surface area contributed by atoms with Gasteiger partial charge in [0, 0.05) is 23.3 Å². The van der Waals surface area contributed by atoms with E-state index in [2.05, 4.69) is 21.1 Å².